The summed E-state index contributed by atoms with van der Waals surface area (Å²) in [4.78, 5) is 0. The van der Waals surface area contributed by atoms with Crippen molar-refractivity contribution >= 4 is 26.7 Å². The van der Waals surface area contributed by atoms with Gasteiger partial charge in [-0.2, -0.15) is 0 Å². The average molecular weight is 574 g/mol. The van der Waals surface area contributed by atoms with E-state index in [1.807, 2.05) is 0 Å². The molecule has 32 heavy (non-hydrogen) atoms. The zero-order valence-electron chi connectivity index (χ0n) is 23.1. The Morgan fingerprint density at radius 3 is 1.78 bits per heavy atom. The fourth-order valence-corrected chi connectivity index (χ4v) is 20.6. The third kappa shape index (κ3) is 10.1. The molecule has 1 aliphatic carbocycles. The van der Waals surface area contributed by atoms with Crippen LogP contribution in [-0.2, 0) is 4.43 Å². The molecule has 0 aromatic carbocycles. The van der Waals surface area contributed by atoms with Gasteiger partial charge >= 0.3 is 208 Å². The van der Waals surface area contributed by atoms with Crippen molar-refractivity contribution in [3.63, 3.8) is 0 Å². The SMILES string of the molecule is CCC[CH2][Sn](/[CH]=C/[C@@H](O[Si](C)(C)C(C)(C)C)[C@@H](O)C1CCCCC1)([CH2]CCC)[CH2]CCC. The summed E-state index contributed by atoms with van der Waals surface area (Å²) in [7, 11) is -1.95. The number of aliphatic hydroxyl groups excluding tert-OH is 1. The summed E-state index contributed by atoms with van der Waals surface area (Å²) in [6.07, 6.45) is 16.2. The van der Waals surface area contributed by atoms with Gasteiger partial charge in [-0.1, -0.05) is 0 Å². The van der Waals surface area contributed by atoms with Gasteiger partial charge in [-0.15, -0.1) is 0 Å². The van der Waals surface area contributed by atoms with Crippen LogP contribution in [0.4, 0.5) is 0 Å². The van der Waals surface area contributed by atoms with Crippen molar-refractivity contribution in [3.05, 3.63) is 10.2 Å². The van der Waals surface area contributed by atoms with Crippen LogP contribution in [0.5, 0.6) is 0 Å². The molecule has 0 saturated heterocycles. The van der Waals surface area contributed by atoms with E-state index in [-0.39, 0.29) is 17.2 Å². The molecule has 1 rings (SSSR count). The Morgan fingerprint density at radius 1 is 0.906 bits per heavy atom. The van der Waals surface area contributed by atoms with Crippen molar-refractivity contribution in [2.24, 2.45) is 5.92 Å². The first-order valence-corrected chi connectivity index (χ1v) is 24.7. The van der Waals surface area contributed by atoms with Gasteiger partial charge in [0.2, 0.25) is 0 Å². The monoisotopic (exact) mass is 574 g/mol. The summed E-state index contributed by atoms with van der Waals surface area (Å²) in [6, 6.07) is 0. The zero-order valence-corrected chi connectivity index (χ0v) is 27.0. The van der Waals surface area contributed by atoms with Gasteiger partial charge in [0.15, 0.2) is 0 Å². The molecule has 0 aromatic rings. The number of unbranched alkanes of at least 4 members (excludes halogenated alkanes) is 3. The second-order valence-corrected chi connectivity index (χ2v) is 30.0. The summed E-state index contributed by atoms with van der Waals surface area (Å²) in [5, 5.41) is 11.7. The molecule has 1 saturated carbocycles. The van der Waals surface area contributed by atoms with Gasteiger partial charge in [-0.25, -0.2) is 0 Å². The Labute approximate surface area is 207 Å². The van der Waals surface area contributed by atoms with Crippen molar-refractivity contribution in [2.45, 2.75) is 156 Å². The van der Waals surface area contributed by atoms with Crippen LogP contribution in [0.2, 0.25) is 31.4 Å². The Morgan fingerprint density at radius 2 is 1.38 bits per heavy atom. The van der Waals surface area contributed by atoms with Gasteiger partial charge in [-0.3, -0.25) is 0 Å². The molecule has 0 amide bonds. The quantitative estimate of drug-likeness (QED) is 0.198. The first-order chi connectivity index (χ1) is 15.0. The average Bonchev–Trinajstić information content (AvgIpc) is 2.76. The molecule has 0 spiro atoms. The summed E-state index contributed by atoms with van der Waals surface area (Å²) < 4.78 is 14.1. The zero-order chi connectivity index (χ0) is 24.3. The maximum absolute atomic E-state index is 11.6. The van der Waals surface area contributed by atoms with Gasteiger partial charge in [0.25, 0.3) is 0 Å². The Bertz CT molecular complexity index is 498. The summed E-state index contributed by atoms with van der Waals surface area (Å²) >= 11 is -2.40. The van der Waals surface area contributed by atoms with Crippen LogP contribution in [0, 0.1) is 5.92 Å². The van der Waals surface area contributed by atoms with Crippen molar-refractivity contribution < 1.29 is 9.53 Å². The first kappa shape index (κ1) is 30.7. The van der Waals surface area contributed by atoms with E-state index in [4.69, 9.17) is 4.43 Å². The normalized spacial score (nSPS) is 18.9. The van der Waals surface area contributed by atoms with Crippen molar-refractivity contribution in [1.29, 1.82) is 0 Å². The maximum atomic E-state index is 11.6. The molecule has 0 unspecified atom stereocenters. The molecule has 2 atom stereocenters. The third-order valence-electron chi connectivity index (χ3n) is 8.43. The second kappa shape index (κ2) is 14.9. The van der Waals surface area contributed by atoms with E-state index in [9.17, 15) is 5.11 Å². The van der Waals surface area contributed by atoms with Crippen molar-refractivity contribution in [2.75, 3.05) is 0 Å². The molecule has 0 radical (unpaired) electrons. The molecule has 4 heteroatoms. The topological polar surface area (TPSA) is 29.5 Å². The summed E-state index contributed by atoms with van der Waals surface area (Å²) in [5.41, 5.74) is 0. The molecule has 0 heterocycles. The van der Waals surface area contributed by atoms with Gasteiger partial charge in [0.05, 0.1) is 0 Å². The minimum atomic E-state index is -2.40. The Hall–Kier alpha value is 0.676. The molecular formula is C28H58O2SiSn. The second-order valence-electron chi connectivity index (χ2n) is 12.3. The van der Waals surface area contributed by atoms with Gasteiger partial charge in [-0.05, 0) is 0 Å². The molecule has 1 aliphatic rings. The first-order valence-electron chi connectivity index (χ1n) is 14.1. The van der Waals surface area contributed by atoms with E-state index in [2.05, 4.69) is 64.8 Å². The van der Waals surface area contributed by atoms with Crippen LogP contribution >= 0.6 is 0 Å². The van der Waals surface area contributed by atoms with E-state index >= 15 is 0 Å². The van der Waals surface area contributed by atoms with Gasteiger partial charge in [0, 0.05) is 0 Å². The third-order valence-corrected chi connectivity index (χ3v) is 27.0. The molecule has 0 aromatic heterocycles. The molecule has 1 fully saturated rings. The summed E-state index contributed by atoms with van der Waals surface area (Å²) in [5.74, 6) is 0.412. The number of hydrogen-bond donors (Lipinski definition) is 1. The van der Waals surface area contributed by atoms with E-state index in [0.29, 0.717) is 5.92 Å². The summed E-state index contributed by atoms with van der Waals surface area (Å²) in [6.45, 7) is 18.7. The van der Waals surface area contributed by atoms with Gasteiger partial charge < -0.3 is 0 Å². The molecule has 0 bridgehead atoms. The minimum absolute atomic E-state index is 0.111. The fraction of sp³-hybridized carbons (Fsp3) is 0.929. The number of hydrogen-bond acceptors (Lipinski definition) is 2. The van der Waals surface area contributed by atoms with Crippen LogP contribution in [0.15, 0.2) is 10.2 Å². The molecule has 0 aliphatic heterocycles. The van der Waals surface area contributed by atoms with Gasteiger partial charge in [0.1, 0.15) is 0 Å². The molecule has 2 nitrogen and oxygen atoms in total. The van der Waals surface area contributed by atoms with E-state index in [0.717, 1.165) is 0 Å². The van der Waals surface area contributed by atoms with Crippen LogP contribution in [-0.4, -0.2) is 44.0 Å². The van der Waals surface area contributed by atoms with Crippen LogP contribution < -0.4 is 0 Å². The molecule has 190 valence electrons. The van der Waals surface area contributed by atoms with E-state index < -0.39 is 26.7 Å². The van der Waals surface area contributed by atoms with Crippen LogP contribution in [0.3, 0.4) is 0 Å². The number of aliphatic hydroxyl groups is 1. The molecule has 1 N–H and O–H groups in total. The fourth-order valence-electron chi connectivity index (χ4n) is 4.99. The van der Waals surface area contributed by atoms with Crippen LogP contribution in [0.1, 0.15) is 112 Å². The van der Waals surface area contributed by atoms with Crippen LogP contribution in [0.25, 0.3) is 0 Å². The predicted octanol–water partition coefficient (Wildman–Crippen LogP) is 9.26. The standard InChI is InChI=1S/C16H31O2Si.3C4H9.Sn/c1-7-14(18-19(5,6)16(2,3)4)15(17)13-11-9-8-10-12-13;3*1-3-4-2;/h1,7,13-15,17H,8-12H2,2-6H3;3*1,3-4H2,2H3;/t14-,15+;;;;/m1..../s1. The Kier molecular flexibility index (Phi) is 14.3. The Balaban J connectivity index is 3.23. The number of rotatable bonds is 15. The van der Waals surface area contributed by atoms with E-state index in [1.165, 1.54) is 83.9 Å². The van der Waals surface area contributed by atoms with Crippen molar-refractivity contribution in [1.82, 2.24) is 0 Å². The predicted molar refractivity (Wildman–Crippen MR) is 149 cm³/mol. The molecular weight excluding hydrogens is 515 g/mol. The van der Waals surface area contributed by atoms with Crippen molar-refractivity contribution in [3.8, 4) is 0 Å². The van der Waals surface area contributed by atoms with E-state index in [1.54, 1.807) is 0 Å².